The highest BCUT2D eigenvalue weighted by Crippen LogP contribution is 2.11. The molecule has 0 aliphatic rings. The highest BCUT2D eigenvalue weighted by atomic mass is 16.2. The number of nitrogens with zero attached hydrogens (tertiary/aromatic N) is 1. The second kappa shape index (κ2) is 9.68. The van der Waals surface area contributed by atoms with Gasteiger partial charge in [0.15, 0.2) is 0 Å². The minimum absolute atomic E-state index is 0.207. The Balaban J connectivity index is 4.18. The maximum atomic E-state index is 12.2. The first-order valence-electron chi connectivity index (χ1n) is 6.96. The minimum atomic E-state index is 0.207. The van der Waals surface area contributed by atoms with Crippen LogP contribution >= 0.6 is 0 Å². The minimum Gasteiger partial charge on any atom is -0.342 e. The van der Waals surface area contributed by atoms with E-state index in [-0.39, 0.29) is 5.92 Å². The zero-order chi connectivity index (χ0) is 12.4. The third-order valence-corrected chi connectivity index (χ3v) is 3.02. The number of rotatable bonds is 9. The average molecular weight is 227 g/mol. The van der Waals surface area contributed by atoms with E-state index in [4.69, 9.17) is 0 Å². The second-order valence-corrected chi connectivity index (χ2v) is 4.72. The van der Waals surface area contributed by atoms with Gasteiger partial charge in [-0.2, -0.15) is 0 Å². The van der Waals surface area contributed by atoms with Gasteiger partial charge in [0.2, 0.25) is 5.91 Å². The fraction of sp³-hybridized carbons (Fsp3) is 0.929. The van der Waals surface area contributed by atoms with E-state index in [9.17, 15) is 4.79 Å². The van der Waals surface area contributed by atoms with Crippen molar-refractivity contribution in [2.24, 2.45) is 5.92 Å². The third-order valence-electron chi connectivity index (χ3n) is 3.02. The fourth-order valence-corrected chi connectivity index (χ4v) is 1.90. The van der Waals surface area contributed by atoms with Gasteiger partial charge in [-0.1, -0.05) is 47.0 Å². The summed E-state index contributed by atoms with van der Waals surface area (Å²) in [5.74, 6) is 0.572. The van der Waals surface area contributed by atoms with Crippen LogP contribution in [-0.4, -0.2) is 23.9 Å². The van der Waals surface area contributed by atoms with Crippen molar-refractivity contribution in [1.29, 1.82) is 0 Å². The summed E-state index contributed by atoms with van der Waals surface area (Å²) in [5, 5.41) is 0. The molecule has 0 aromatic carbocycles. The summed E-state index contributed by atoms with van der Waals surface area (Å²) < 4.78 is 0. The first kappa shape index (κ1) is 15.5. The normalized spacial score (nSPS) is 12.5. The molecule has 2 heteroatoms. The van der Waals surface area contributed by atoms with Crippen molar-refractivity contribution in [3.05, 3.63) is 0 Å². The molecule has 0 saturated heterocycles. The smallest absolute Gasteiger partial charge is 0.225 e. The van der Waals surface area contributed by atoms with E-state index in [2.05, 4.69) is 32.6 Å². The number of carbonyl (C=O) groups excluding carboxylic acids is 1. The standard InChI is InChI=1S/C14H29NO/c1-5-8-11-15(12-9-6-2)14(16)13(4)10-7-3/h13H,5-12H2,1-4H3/t13-/m1/s1. The van der Waals surface area contributed by atoms with Gasteiger partial charge in [0.1, 0.15) is 0 Å². The molecule has 0 spiro atoms. The van der Waals surface area contributed by atoms with Crippen LogP contribution < -0.4 is 0 Å². The Kier molecular flexibility index (Phi) is 9.36. The Labute approximate surface area is 101 Å². The van der Waals surface area contributed by atoms with Crippen LogP contribution in [0, 0.1) is 5.92 Å². The topological polar surface area (TPSA) is 20.3 Å². The van der Waals surface area contributed by atoms with Gasteiger partial charge in [0, 0.05) is 19.0 Å². The van der Waals surface area contributed by atoms with Crippen LogP contribution in [0.15, 0.2) is 0 Å². The molecule has 1 atom stereocenters. The molecule has 0 fully saturated rings. The van der Waals surface area contributed by atoms with Gasteiger partial charge in [0.25, 0.3) is 0 Å². The molecule has 2 nitrogen and oxygen atoms in total. The summed E-state index contributed by atoms with van der Waals surface area (Å²) >= 11 is 0. The molecule has 96 valence electrons. The van der Waals surface area contributed by atoms with Crippen LogP contribution in [-0.2, 0) is 4.79 Å². The van der Waals surface area contributed by atoms with Crippen molar-refractivity contribution in [2.75, 3.05) is 13.1 Å². The van der Waals surface area contributed by atoms with Crippen molar-refractivity contribution in [3.8, 4) is 0 Å². The van der Waals surface area contributed by atoms with Crippen LogP contribution in [0.3, 0.4) is 0 Å². The SMILES string of the molecule is CCCCN(CCCC)C(=O)[C@H](C)CCC. The van der Waals surface area contributed by atoms with Crippen molar-refractivity contribution in [1.82, 2.24) is 4.90 Å². The number of carbonyl (C=O) groups is 1. The molecule has 0 aliphatic carbocycles. The molecule has 0 rings (SSSR count). The monoisotopic (exact) mass is 227 g/mol. The summed E-state index contributed by atoms with van der Waals surface area (Å²) in [6.45, 7) is 10.5. The molecule has 0 aromatic rings. The first-order chi connectivity index (χ1) is 7.67. The molecule has 0 radical (unpaired) electrons. The number of unbranched alkanes of at least 4 members (excludes halogenated alkanes) is 2. The van der Waals surface area contributed by atoms with E-state index in [1.54, 1.807) is 0 Å². The maximum absolute atomic E-state index is 12.2. The van der Waals surface area contributed by atoms with Crippen molar-refractivity contribution in [3.63, 3.8) is 0 Å². The molecule has 16 heavy (non-hydrogen) atoms. The van der Waals surface area contributed by atoms with E-state index in [1.165, 1.54) is 0 Å². The highest BCUT2D eigenvalue weighted by Gasteiger charge is 2.18. The first-order valence-corrected chi connectivity index (χ1v) is 6.96. The Morgan fingerprint density at radius 2 is 1.50 bits per heavy atom. The molecular formula is C14H29NO. The van der Waals surface area contributed by atoms with Crippen molar-refractivity contribution in [2.45, 2.75) is 66.2 Å². The van der Waals surface area contributed by atoms with Crippen molar-refractivity contribution >= 4 is 5.91 Å². The predicted molar refractivity (Wildman–Crippen MR) is 70.5 cm³/mol. The summed E-state index contributed by atoms with van der Waals surface area (Å²) in [5.41, 5.74) is 0. The molecule has 0 aromatic heterocycles. The summed E-state index contributed by atoms with van der Waals surface area (Å²) in [7, 11) is 0. The number of amides is 1. The largest absolute Gasteiger partial charge is 0.342 e. The zero-order valence-corrected chi connectivity index (χ0v) is 11.6. The lowest BCUT2D eigenvalue weighted by Gasteiger charge is -2.25. The van der Waals surface area contributed by atoms with Crippen LogP contribution in [0.1, 0.15) is 66.2 Å². The maximum Gasteiger partial charge on any atom is 0.225 e. The molecule has 0 heterocycles. The number of hydrogen-bond acceptors (Lipinski definition) is 1. The van der Waals surface area contributed by atoms with Gasteiger partial charge >= 0.3 is 0 Å². The molecule has 0 aliphatic heterocycles. The van der Waals surface area contributed by atoms with Crippen LogP contribution in [0.25, 0.3) is 0 Å². The molecule has 0 unspecified atom stereocenters. The second-order valence-electron chi connectivity index (χ2n) is 4.72. The molecule has 0 saturated carbocycles. The Morgan fingerprint density at radius 3 is 1.88 bits per heavy atom. The number of hydrogen-bond donors (Lipinski definition) is 0. The third kappa shape index (κ3) is 6.14. The van der Waals surface area contributed by atoms with Gasteiger partial charge in [-0.25, -0.2) is 0 Å². The predicted octanol–water partition coefficient (Wildman–Crippen LogP) is 3.85. The summed E-state index contributed by atoms with van der Waals surface area (Å²) in [6, 6.07) is 0. The zero-order valence-electron chi connectivity index (χ0n) is 11.6. The quantitative estimate of drug-likeness (QED) is 0.586. The lowest BCUT2D eigenvalue weighted by Crippen LogP contribution is -2.36. The lowest BCUT2D eigenvalue weighted by molar-refractivity contribution is -0.135. The molecule has 1 amide bonds. The lowest BCUT2D eigenvalue weighted by atomic mass is 10.0. The highest BCUT2D eigenvalue weighted by molar-refractivity contribution is 5.78. The van der Waals surface area contributed by atoms with E-state index >= 15 is 0 Å². The van der Waals surface area contributed by atoms with Crippen LogP contribution in [0.5, 0.6) is 0 Å². The fourth-order valence-electron chi connectivity index (χ4n) is 1.90. The summed E-state index contributed by atoms with van der Waals surface area (Å²) in [6.07, 6.45) is 6.72. The van der Waals surface area contributed by atoms with E-state index in [0.717, 1.165) is 51.6 Å². The van der Waals surface area contributed by atoms with E-state index < -0.39 is 0 Å². The van der Waals surface area contributed by atoms with Crippen molar-refractivity contribution < 1.29 is 4.79 Å². The van der Waals surface area contributed by atoms with Crippen LogP contribution in [0.4, 0.5) is 0 Å². The van der Waals surface area contributed by atoms with E-state index in [1.807, 2.05) is 0 Å². The Bertz CT molecular complexity index is 172. The Hall–Kier alpha value is -0.530. The van der Waals surface area contributed by atoms with Crippen LogP contribution in [0.2, 0.25) is 0 Å². The van der Waals surface area contributed by atoms with E-state index in [0.29, 0.717) is 5.91 Å². The Morgan fingerprint density at radius 1 is 1.00 bits per heavy atom. The molecule has 0 bridgehead atoms. The van der Waals surface area contributed by atoms with Gasteiger partial charge in [-0.15, -0.1) is 0 Å². The molecule has 0 N–H and O–H groups in total. The average Bonchev–Trinajstić information content (AvgIpc) is 2.29. The summed E-state index contributed by atoms with van der Waals surface area (Å²) in [4.78, 5) is 14.2. The van der Waals surface area contributed by atoms with Gasteiger partial charge in [0.05, 0.1) is 0 Å². The molecular weight excluding hydrogens is 198 g/mol. The van der Waals surface area contributed by atoms with Gasteiger partial charge in [-0.05, 0) is 19.3 Å². The van der Waals surface area contributed by atoms with Gasteiger partial charge < -0.3 is 4.90 Å². The van der Waals surface area contributed by atoms with Gasteiger partial charge in [-0.3, -0.25) is 4.79 Å².